The third-order valence-electron chi connectivity index (χ3n) is 3.69. The molecule has 18 heavy (non-hydrogen) atoms. The molecular formula is C14H25NO3. The molecular weight excluding hydrogens is 230 g/mol. The lowest BCUT2D eigenvalue weighted by molar-refractivity contribution is -0.157. The van der Waals surface area contributed by atoms with Crippen LogP contribution in [0.3, 0.4) is 0 Å². The first kappa shape index (κ1) is 15.0. The standard InChI is InChI=1S/C14H25NO3/c1-5-7-14(12(17)18)8-6-9-15(10-14)11(16)13(2,3)4/h5-10H2,1-4H3,(H,17,18). The van der Waals surface area contributed by atoms with Crippen molar-refractivity contribution < 1.29 is 14.7 Å². The summed E-state index contributed by atoms with van der Waals surface area (Å²) in [4.78, 5) is 25.6. The van der Waals surface area contributed by atoms with Gasteiger partial charge in [0.2, 0.25) is 5.91 Å². The number of carbonyl (C=O) groups is 2. The molecule has 1 amide bonds. The minimum absolute atomic E-state index is 0.0592. The summed E-state index contributed by atoms with van der Waals surface area (Å²) in [5, 5.41) is 9.48. The molecule has 1 aliphatic heterocycles. The van der Waals surface area contributed by atoms with E-state index in [1.54, 1.807) is 4.90 Å². The van der Waals surface area contributed by atoms with Crippen molar-refractivity contribution in [2.24, 2.45) is 10.8 Å². The van der Waals surface area contributed by atoms with Gasteiger partial charge in [-0.05, 0) is 19.3 Å². The van der Waals surface area contributed by atoms with Crippen molar-refractivity contribution in [2.75, 3.05) is 13.1 Å². The number of amides is 1. The number of piperidine rings is 1. The molecule has 0 aliphatic carbocycles. The predicted octanol–water partition coefficient (Wildman–Crippen LogP) is 2.53. The number of hydrogen-bond acceptors (Lipinski definition) is 2. The fourth-order valence-electron chi connectivity index (χ4n) is 2.74. The SMILES string of the molecule is CCCC1(C(=O)O)CCCN(C(=O)C(C)(C)C)C1. The van der Waals surface area contributed by atoms with Crippen molar-refractivity contribution in [3.05, 3.63) is 0 Å². The zero-order valence-corrected chi connectivity index (χ0v) is 12.0. The summed E-state index contributed by atoms with van der Waals surface area (Å²) in [7, 11) is 0. The van der Waals surface area contributed by atoms with E-state index in [0.29, 0.717) is 25.9 Å². The number of aliphatic carboxylic acids is 1. The van der Waals surface area contributed by atoms with Gasteiger partial charge in [-0.2, -0.15) is 0 Å². The van der Waals surface area contributed by atoms with Crippen molar-refractivity contribution in [3.8, 4) is 0 Å². The molecule has 0 saturated carbocycles. The highest BCUT2D eigenvalue weighted by Crippen LogP contribution is 2.36. The van der Waals surface area contributed by atoms with Gasteiger partial charge in [-0.15, -0.1) is 0 Å². The van der Waals surface area contributed by atoms with Crippen LogP contribution < -0.4 is 0 Å². The number of rotatable bonds is 3. The molecule has 1 unspecified atom stereocenters. The van der Waals surface area contributed by atoms with Crippen LogP contribution in [-0.4, -0.2) is 35.0 Å². The van der Waals surface area contributed by atoms with Gasteiger partial charge in [-0.1, -0.05) is 34.1 Å². The monoisotopic (exact) mass is 255 g/mol. The Balaban J connectivity index is 2.88. The van der Waals surface area contributed by atoms with Gasteiger partial charge in [0, 0.05) is 18.5 Å². The van der Waals surface area contributed by atoms with Gasteiger partial charge < -0.3 is 10.0 Å². The lowest BCUT2D eigenvalue weighted by Crippen LogP contribution is -2.52. The van der Waals surface area contributed by atoms with Crippen LogP contribution in [0, 0.1) is 10.8 Å². The molecule has 0 aromatic carbocycles. The molecule has 0 radical (unpaired) electrons. The first-order valence-electron chi connectivity index (χ1n) is 6.76. The molecule has 104 valence electrons. The fraction of sp³-hybridized carbons (Fsp3) is 0.857. The number of carboxylic acid groups (broad SMARTS) is 1. The summed E-state index contributed by atoms with van der Waals surface area (Å²) in [6, 6.07) is 0. The van der Waals surface area contributed by atoms with Gasteiger partial charge >= 0.3 is 5.97 Å². The molecule has 0 aromatic rings. The van der Waals surface area contributed by atoms with E-state index in [1.807, 2.05) is 27.7 Å². The Morgan fingerprint density at radius 3 is 2.39 bits per heavy atom. The smallest absolute Gasteiger partial charge is 0.311 e. The van der Waals surface area contributed by atoms with Gasteiger partial charge in [0.1, 0.15) is 0 Å². The van der Waals surface area contributed by atoms with Crippen LogP contribution in [0.1, 0.15) is 53.4 Å². The Labute approximate surface area is 109 Å². The van der Waals surface area contributed by atoms with Gasteiger partial charge in [-0.3, -0.25) is 9.59 Å². The highest BCUT2D eigenvalue weighted by atomic mass is 16.4. The maximum Gasteiger partial charge on any atom is 0.311 e. The largest absolute Gasteiger partial charge is 0.481 e. The Bertz CT molecular complexity index is 328. The molecule has 0 spiro atoms. The van der Waals surface area contributed by atoms with Crippen molar-refractivity contribution in [1.29, 1.82) is 0 Å². The fourth-order valence-corrected chi connectivity index (χ4v) is 2.74. The van der Waals surface area contributed by atoms with Crippen molar-refractivity contribution in [2.45, 2.75) is 53.4 Å². The zero-order valence-electron chi connectivity index (χ0n) is 12.0. The van der Waals surface area contributed by atoms with Crippen molar-refractivity contribution in [1.82, 2.24) is 4.90 Å². The molecule has 1 fully saturated rings. The molecule has 1 aliphatic rings. The molecule has 0 aromatic heterocycles. The number of hydrogen-bond donors (Lipinski definition) is 1. The number of likely N-dealkylation sites (tertiary alicyclic amines) is 1. The van der Waals surface area contributed by atoms with E-state index in [1.165, 1.54) is 0 Å². The Hall–Kier alpha value is -1.06. The topological polar surface area (TPSA) is 57.6 Å². The molecule has 4 nitrogen and oxygen atoms in total. The first-order valence-corrected chi connectivity index (χ1v) is 6.76. The van der Waals surface area contributed by atoms with E-state index in [4.69, 9.17) is 0 Å². The summed E-state index contributed by atoms with van der Waals surface area (Å²) >= 11 is 0. The maximum absolute atomic E-state index is 12.3. The second kappa shape index (κ2) is 5.29. The van der Waals surface area contributed by atoms with E-state index in [2.05, 4.69) is 0 Å². The summed E-state index contributed by atoms with van der Waals surface area (Å²) in [6.07, 6.45) is 2.96. The average Bonchev–Trinajstić information content (AvgIpc) is 2.27. The van der Waals surface area contributed by atoms with Gasteiger partial charge in [0.05, 0.1) is 5.41 Å². The van der Waals surface area contributed by atoms with Crippen molar-refractivity contribution >= 4 is 11.9 Å². The normalized spacial score (nSPS) is 25.0. The molecule has 1 atom stereocenters. The minimum atomic E-state index is -0.754. The Kier molecular flexibility index (Phi) is 4.41. The van der Waals surface area contributed by atoms with Crippen LogP contribution >= 0.6 is 0 Å². The van der Waals surface area contributed by atoms with E-state index in [-0.39, 0.29) is 5.91 Å². The van der Waals surface area contributed by atoms with Crippen LogP contribution in [0.25, 0.3) is 0 Å². The first-order chi connectivity index (χ1) is 8.23. The maximum atomic E-state index is 12.3. The molecule has 1 saturated heterocycles. The molecule has 1 N–H and O–H groups in total. The van der Waals surface area contributed by atoms with E-state index in [9.17, 15) is 14.7 Å². The predicted molar refractivity (Wildman–Crippen MR) is 70.2 cm³/mol. The van der Waals surface area contributed by atoms with Gasteiger partial charge in [0.25, 0.3) is 0 Å². The second-order valence-corrected chi connectivity index (χ2v) is 6.42. The summed E-state index contributed by atoms with van der Waals surface area (Å²) in [5.74, 6) is -0.695. The van der Waals surface area contributed by atoms with Gasteiger partial charge in [-0.25, -0.2) is 0 Å². The quantitative estimate of drug-likeness (QED) is 0.843. The lowest BCUT2D eigenvalue weighted by atomic mass is 9.75. The minimum Gasteiger partial charge on any atom is -0.481 e. The molecule has 0 bridgehead atoms. The number of nitrogens with zero attached hydrogens (tertiary/aromatic N) is 1. The zero-order chi connectivity index (χ0) is 14.0. The third kappa shape index (κ3) is 3.03. The third-order valence-corrected chi connectivity index (χ3v) is 3.69. The lowest BCUT2D eigenvalue weighted by Gasteiger charge is -2.42. The highest BCUT2D eigenvalue weighted by molar-refractivity contribution is 5.83. The van der Waals surface area contributed by atoms with Gasteiger partial charge in [0.15, 0.2) is 0 Å². The highest BCUT2D eigenvalue weighted by Gasteiger charge is 2.44. The average molecular weight is 255 g/mol. The Morgan fingerprint density at radius 2 is 1.94 bits per heavy atom. The van der Waals surface area contributed by atoms with Crippen LogP contribution in [0.2, 0.25) is 0 Å². The number of carboxylic acids is 1. The van der Waals surface area contributed by atoms with Crippen LogP contribution in [-0.2, 0) is 9.59 Å². The second-order valence-electron chi connectivity index (χ2n) is 6.42. The summed E-state index contributed by atoms with van der Waals surface area (Å²) in [5.41, 5.74) is -1.16. The van der Waals surface area contributed by atoms with E-state index in [0.717, 1.165) is 12.8 Å². The van der Waals surface area contributed by atoms with Crippen LogP contribution in [0.15, 0.2) is 0 Å². The van der Waals surface area contributed by atoms with Crippen LogP contribution in [0.5, 0.6) is 0 Å². The van der Waals surface area contributed by atoms with E-state index >= 15 is 0 Å². The Morgan fingerprint density at radius 1 is 1.33 bits per heavy atom. The summed E-state index contributed by atoms with van der Waals surface area (Å²) < 4.78 is 0. The van der Waals surface area contributed by atoms with Crippen molar-refractivity contribution in [3.63, 3.8) is 0 Å². The summed E-state index contributed by atoms with van der Waals surface area (Å²) in [6.45, 7) is 8.70. The number of carbonyl (C=O) groups excluding carboxylic acids is 1. The molecule has 4 heteroatoms. The molecule has 1 rings (SSSR count). The van der Waals surface area contributed by atoms with Crippen LogP contribution in [0.4, 0.5) is 0 Å². The van der Waals surface area contributed by atoms with E-state index < -0.39 is 16.8 Å². The molecule has 1 heterocycles.